The normalized spacial score (nSPS) is 16.8. The van der Waals surface area contributed by atoms with Crippen molar-refractivity contribution in [2.75, 3.05) is 45.1 Å². The predicted octanol–water partition coefficient (Wildman–Crippen LogP) is 4.67. The first-order valence-electron chi connectivity index (χ1n) is 15.4. The maximum Gasteiger partial charge on any atom is 0.294 e. The summed E-state index contributed by atoms with van der Waals surface area (Å²) in [4.78, 5) is 43.7. The zero-order valence-corrected chi connectivity index (χ0v) is 29.6. The molecule has 3 amide bonds. The quantitative estimate of drug-likeness (QED) is 0.0435. The highest BCUT2D eigenvalue weighted by molar-refractivity contribution is 7.85. The molecule has 3 aromatic rings. The molecule has 5 rings (SSSR count). The van der Waals surface area contributed by atoms with Gasteiger partial charge in [0.2, 0.25) is 5.91 Å². The third kappa shape index (κ3) is 7.28. The Balaban J connectivity index is 1.53. The van der Waals surface area contributed by atoms with Gasteiger partial charge in [-0.25, -0.2) is 0 Å². The van der Waals surface area contributed by atoms with Crippen molar-refractivity contribution in [2.45, 2.75) is 30.6 Å². The van der Waals surface area contributed by atoms with E-state index >= 15 is 0 Å². The maximum absolute atomic E-state index is 13.9. The molecule has 0 aromatic heterocycles. The van der Waals surface area contributed by atoms with Gasteiger partial charge < -0.3 is 21.7 Å². The molecule has 0 unspecified atom stereocenters. The van der Waals surface area contributed by atoms with Crippen LogP contribution in [0.1, 0.15) is 25.8 Å². The number of carbonyl (C=O) groups excluding carboxylic acids is 3. The number of halogens is 1. The molecule has 6 N–H and O–H groups in total. The van der Waals surface area contributed by atoms with Crippen LogP contribution in [0.15, 0.2) is 107 Å². The summed E-state index contributed by atoms with van der Waals surface area (Å²) < 4.78 is 33.7. The van der Waals surface area contributed by atoms with Crippen molar-refractivity contribution in [1.82, 2.24) is 5.32 Å². The molecular weight excluding hydrogens is 700 g/mol. The van der Waals surface area contributed by atoms with Gasteiger partial charge >= 0.3 is 0 Å². The third-order valence-electron chi connectivity index (χ3n) is 8.30. The molecule has 0 spiro atoms. The molecular formula is C35H35ClN6O6S2. The maximum atomic E-state index is 13.9. The van der Waals surface area contributed by atoms with Crippen molar-refractivity contribution in [2.24, 2.45) is 0 Å². The molecule has 0 saturated carbocycles. The van der Waals surface area contributed by atoms with Crippen LogP contribution < -0.4 is 31.5 Å². The van der Waals surface area contributed by atoms with Crippen LogP contribution in [0.5, 0.6) is 0 Å². The summed E-state index contributed by atoms with van der Waals surface area (Å²) in [6.45, 7) is 4.63. The van der Waals surface area contributed by atoms with Gasteiger partial charge in [-0.3, -0.25) is 28.7 Å². The fourth-order valence-electron chi connectivity index (χ4n) is 5.90. The van der Waals surface area contributed by atoms with Gasteiger partial charge in [0, 0.05) is 41.3 Å². The number of nitrogens with two attached hydrogens (primary N) is 2. The minimum absolute atomic E-state index is 0.0629. The number of carbonyl (C=O) groups is 3. The summed E-state index contributed by atoms with van der Waals surface area (Å²) in [5.41, 5.74) is 14.8. The van der Waals surface area contributed by atoms with Gasteiger partial charge in [0.05, 0.1) is 16.3 Å². The fraction of sp³-hybridized carbons (Fsp3) is 0.200. The van der Waals surface area contributed by atoms with Crippen LogP contribution in [0, 0.1) is 0 Å². The monoisotopic (exact) mass is 734 g/mol. The second-order valence-corrected chi connectivity index (χ2v) is 14.1. The predicted molar refractivity (Wildman–Crippen MR) is 200 cm³/mol. The van der Waals surface area contributed by atoms with Crippen LogP contribution in [0.3, 0.4) is 0 Å². The minimum atomic E-state index is -4.46. The van der Waals surface area contributed by atoms with E-state index in [1.807, 2.05) is 18.7 Å². The number of amides is 3. The van der Waals surface area contributed by atoms with E-state index in [-0.39, 0.29) is 27.4 Å². The molecule has 3 aromatic carbocycles. The van der Waals surface area contributed by atoms with Gasteiger partial charge in [-0.2, -0.15) is 8.42 Å². The van der Waals surface area contributed by atoms with Crippen molar-refractivity contribution in [3.05, 3.63) is 108 Å². The summed E-state index contributed by atoms with van der Waals surface area (Å²) >= 11 is 11.3. The molecule has 15 heteroatoms. The van der Waals surface area contributed by atoms with E-state index in [1.54, 1.807) is 72.8 Å². The summed E-state index contributed by atoms with van der Waals surface area (Å²) in [6.07, 6.45) is 6.97. The van der Waals surface area contributed by atoms with Crippen molar-refractivity contribution >= 4 is 85.2 Å². The molecule has 50 heavy (non-hydrogen) atoms. The number of alkyl halides is 1. The first-order chi connectivity index (χ1) is 23.6. The number of nitrogens with zero attached hydrogens (tertiary/aromatic N) is 3. The standard InChI is InChI=1S/C35H35ClN6O6S2/c1-35(2)28-20-26(50(46,47)48)14-15-29(28)40(17-7-16-39-31(43)21-36)30(35)13-4-3-12-27-32(44)41(24-10-5-8-22(37)18-24)34(49)42(33(27)45)25-11-6-9-23(38)19-25/h3-6,8-15,18-20H,7,16-17,21,37-38H2,1-2H3,(H,39,43)(H,46,47,48)/b4-3+,30-13+. The molecule has 0 aliphatic carbocycles. The van der Waals surface area contributed by atoms with Gasteiger partial charge in [0.25, 0.3) is 21.9 Å². The molecule has 2 aliphatic rings. The Bertz CT molecular complexity index is 2030. The second-order valence-electron chi connectivity index (χ2n) is 12.0. The third-order valence-corrected chi connectivity index (χ3v) is 9.76. The molecule has 0 radical (unpaired) electrons. The van der Waals surface area contributed by atoms with Crippen LogP contribution in [0.25, 0.3) is 0 Å². The van der Waals surface area contributed by atoms with E-state index in [2.05, 4.69) is 5.32 Å². The SMILES string of the molecule is CC1(C)/C(=C\C=C\C=C2C(=O)N(c3cccc(N)c3)C(=S)N(c3cccc(N)c3)C2=O)N(CCCNC(=O)CCl)c2ccc(S(=O)(=O)O)cc21. The van der Waals surface area contributed by atoms with E-state index in [0.29, 0.717) is 47.8 Å². The number of fused-ring (bicyclic) bond motifs is 1. The Hall–Kier alpha value is -5.02. The average molecular weight is 735 g/mol. The fourth-order valence-corrected chi connectivity index (χ4v) is 6.88. The highest BCUT2D eigenvalue weighted by Crippen LogP contribution is 2.48. The lowest BCUT2D eigenvalue weighted by Gasteiger charge is -2.36. The molecule has 1 fully saturated rings. The van der Waals surface area contributed by atoms with E-state index in [9.17, 15) is 27.4 Å². The van der Waals surface area contributed by atoms with Crippen molar-refractivity contribution in [3.8, 4) is 0 Å². The number of hydrogen-bond acceptors (Lipinski definition) is 9. The molecule has 0 bridgehead atoms. The van der Waals surface area contributed by atoms with E-state index in [0.717, 1.165) is 11.4 Å². The number of thiocarbonyl (C=S) groups is 1. The zero-order valence-electron chi connectivity index (χ0n) is 27.2. The van der Waals surface area contributed by atoms with E-state index in [4.69, 9.17) is 35.3 Å². The Morgan fingerprint density at radius 2 is 1.52 bits per heavy atom. The lowest BCUT2D eigenvalue weighted by molar-refractivity contribution is -0.121. The molecule has 12 nitrogen and oxygen atoms in total. The summed E-state index contributed by atoms with van der Waals surface area (Å²) in [7, 11) is -4.46. The van der Waals surface area contributed by atoms with Crippen LogP contribution in [-0.4, -0.2) is 54.8 Å². The Kier molecular flexibility index (Phi) is 10.5. The first kappa shape index (κ1) is 36.3. The van der Waals surface area contributed by atoms with E-state index < -0.39 is 27.3 Å². The molecule has 2 aliphatic heterocycles. The van der Waals surface area contributed by atoms with Gasteiger partial charge in [0.1, 0.15) is 11.5 Å². The van der Waals surface area contributed by atoms with Crippen molar-refractivity contribution in [1.29, 1.82) is 0 Å². The highest BCUT2D eigenvalue weighted by atomic mass is 35.5. The molecule has 260 valence electrons. The first-order valence-corrected chi connectivity index (χ1v) is 17.8. The number of benzene rings is 3. The van der Waals surface area contributed by atoms with Gasteiger partial charge in [-0.1, -0.05) is 38.1 Å². The van der Waals surface area contributed by atoms with Crippen LogP contribution in [0.4, 0.5) is 28.4 Å². The van der Waals surface area contributed by atoms with Crippen molar-refractivity contribution < 1.29 is 27.4 Å². The number of hydrogen-bond donors (Lipinski definition) is 4. The molecule has 2 heterocycles. The second kappa shape index (κ2) is 14.5. The van der Waals surface area contributed by atoms with Crippen LogP contribution in [0.2, 0.25) is 0 Å². The lowest BCUT2D eigenvalue weighted by Crippen LogP contribution is -2.57. The van der Waals surface area contributed by atoms with E-state index in [1.165, 1.54) is 28.0 Å². The summed E-state index contributed by atoms with van der Waals surface area (Å²) in [5, 5.41) is 2.67. The van der Waals surface area contributed by atoms with Gasteiger partial charge in [0.15, 0.2) is 5.11 Å². The zero-order chi connectivity index (χ0) is 36.4. The Labute approximate surface area is 300 Å². The number of nitrogens with one attached hydrogen (secondary N) is 1. The Morgan fingerprint density at radius 3 is 2.06 bits per heavy atom. The molecule has 1 saturated heterocycles. The minimum Gasteiger partial charge on any atom is -0.399 e. The smallest absolute Gasteiger partial charge is 0.294 e. The largest absolute Gasteiger partial charge is 0.399 e. The summed E-state index contributed by atoms with van der Waals surface area (Å²) in [5.74, 6) is -1.74. The highest BCUT2D eigenvalue weighted by Gasteiger charge is 2.42. The van der Waals surface area contributed by atoms with Gasteiger partial charge in [-0.15, -0.1) is 11.6 Å². The van der Waals surface area contributed by atoms with Crippen LogP contribution in [-0.2, 0) is 29.9 Å². The number of rotatable bonds is 10. The van der Waals surface area contributed by atoms with Gasteiger partial charge in [-0.05, 0) is 91.0 Å². The average Bonchev–Trinajstić information content (AvgIpc) is 3.26. The number of nitrogen functional groups attached to an aromatic ring is 2. The molecule has 0 atom stereocenters. The van der Waals surface area contributed by atoms with Crippen molar-refractivity contribution in [3.63, 3.8) is 0 Å². The summed E-state index contributed by atoms with van der Waals surface area (Å²) in [6, 6.07) is 17.6. The topological polar surface area (TPSA) is 179 Å². The number of allylic oxidation sites excluding steroid dienone is 5. The number of anilines is 5. The lowest BCUT2D eigenvalue weighted by atomic mass is 9.83. The Morgan fingerprint density at radius 1 is 0.940 bits per heavy atom. The van der Waals surface area contributed by atoms with Crippen LogP contribution >= 0.6 is 23.8 Å².